The summed E-state index contributed by atoms with van der Waals surface area (Å²) in [5, 5.41) is 3.38. The van der Waals surface area contributed by atoms with E-state index in [0.29, 0.717) is 17.9 Å². The van der Waals surface area contributed by atoms with Crippen LogP contribution in [-0.4, -0.2) is 36.0 Å². The summed E-state index contributed by atoms with van der Waals surface area (Å²) >= 11 is 0. The lowest BCUT2D eigenvalue weighted by Gasteiger charge is -2.23. The van der Waals surface area contributed by atoms with Gasteiger partial charge in [0.1, 0.15) is 6.26 Å². The van der Waals surface area contributed by atoms with E-state index in [4.69, 9.17) is 4.42 Å². The summed E-state index contributed by atoms with van der Waals surface area (Å²) in [7, 11) is 1.83. The highest BCUT2D eigenvalue weighted by molar-refractivity contribution is 14.0. The molecular weight excluding hydrogens is 415 g/mol. The minimum Gasteiger partial charge on any atom is -0.444 e. The molecule has 1 aliphatic rings. The van der Waals surface area contributed by atoms with Crippen LogP contribution in [-0.2, 0) is 6.54 Å². The molecule has 1 aromatic heterocycles. The quantitative estimate of drug-likeness (QED) is 0.449. The Bertz CT molecular complexity index is 681. The van der Waals surface area contributed by atoms with E-state index in [9.17, 15) is 0 Å². The molecule has 130 valence electrons. The van der Waals surface area contributed by atoms with E-state index in [-0.39, 0.29) is 24.0 Å². The number of rotatable bonds is 3. The fourth-order valence-electron chi connectivity index (χ4n) is 2.90. The molecule has 1 saturated heterocycles. The Morgan fingerprint density at radius 3 is 2.71 bits per heavy atom. The average molecular weight is 440 g/mol. The van der Waals surface area contributed by atoms with E-state index in [1.165, 1.54) is 6.42 Å². The fourth-order valence-corrected chi connectivity index (χ4v) is 2.90. The van der Waals surface area contributed by atoms with Crippen molar-refractivity contribution in [1.29, 1.82) is 0 Å². The van der Waals surface area contributed by atoms with Crippen molar-refractivity contribution < 1.29 is 4.42 Å². The number of oxazole rings is 1. The third-order valence-corrected chi connectivity index (χ3v) is 4.19. The molecule has 2 heterocycles. The monoisotopic (exact) mass is 440 g/mol. The van der Waals surface area contributed by atoms with Gasteiger partial charge in [0, 0.05) is 25.7 Å². The van der Waals surface area contributed by atoms with Crippen LogP contribution >= 0.6 is 24.0 Å². The number of aliphatic imine (C=N–C) groups is 1. The second kappa shape index (κ2) is 8.00. The van der Waals surface area contributed by atoms with E-state index in [0.717, 1.165) is 30.3 Å². The summed E-state index contributed by atoms with van der Waals surface area (Å²) in [6.07, 6.45) is 2.90. The molecule has 2 aromatic rings. The van der Waals surface area contributed by atoms with Crippen LogP contribution in [0.4, 0.5) is 0 Å². The van der Waals surface area contributed by atoms with Gasteiger partial charge in [-0.1, -0.05) is 32.0 Å². The second-order valence-corrected chi connectivity index (χ2v) is 6.75. The molecular formula is C18H25IN4O. The maximum atomic E-state index is 5.57. The van der Waals surface area contributed by atoms with Crippen LogP contribution in [0.15, 0.2) is 46.0 Å². The zero-order valence-corrected chi connectivity index (χ0v) is 16.8. The van der Waals surface area contributed by atoms with Crippen LogP contribution in [0, 0.1) is 5.41 Å². The Hall–Kier alpha value is -1.57. The van der Waals surface area contributed by atoms with Crippen molar-refractivity contribution in [1.82, 2.24) is 15.2 Å². The Kier molecular flexibility index (Phi) is 6.26. The first-order chi connectivity index (χ1) is 11.1. The molecule has 0 bridgehead atoms. The van der Waals surface area contributed by atoms with Gasteiger partial charge in [-0.15, -0.1) is 24.0 Å². The SMILES string of the molecule is CN=C(NCc1coc(-c2ccccc2)n1)N1CCC(C)(C)C1.I. The molecule has 0 amide bonds. The Balaban J connectivity index is 0.00000208. The van der Waals surface area contributed by atoms with Gasteiger partial charge in [-0.05, 0) is 24.0 Å². The number of likely N-dealkylation sites (tertiary alicyclic amines) is 1. The summed E-state index contributed by atoms with van der Waals surface area (Å²) in [5.41, 5.74) is 2.22. The minimum absolute atomic E-state index is 0. The van der Waals surface area contributed by atoms with Gasteiger partial charge in [-0.25, -0.2) is 4.98 Å². The first-order valence-electron chi connectivity index (χ1n) is 8.03. The number of hydrogen-bond acceptors (Lipinski definition) is 3. The summed E-state index contributed by atoms with van der Waals surface area (Å²) in [6.45, 7) is 7.27. The van der Waals surface area contributed by atoms with Crippen LogP contribution in [0.5, 0.6) is 0 Å². The summed E-state index contributed by atoms with van der Waals surface area (Å²) in [5.74, 6) is 1.58. The number of halogens is 1. The van der Waals surface area contributed by atoms with Gasteiger partial charge < -0.3 is 14.6 Å². The number of benzene rings is 1. The van der Waals surface area contributed by atoms with Crippen molar-refractivity contribution in [3.63, 3.8) is 0 Å². The van der Waals surface area contributed by atoms with Gasteiger partial charge in [-0.3, -0.25) is 4.99 Å². The zero-order chi connectivity index (χ0) is 16.3. The molecule has 0 unspecified atom stereocenters. The minimum atomic E-state index is 0. The van der Waals surface area contributed by atoms with Crippen molar-refractivity contribution in [2.45, 2.75) is 26.8 Å². The van der Waals surface area contributed by atoms with Gasteiger partial charge in [0.15, 0.2) is 5.96 Å². The van der Waals surface area contributed by atoms with Crippen molar-refractivity contribution in [2.75, 3.05) is 20.1 Å². The molecule has 0 spiro atoms. The molecule has 1 N–H and O–H groups in total. The third kappa shape index (κ3) is 4.49. The largest absolute Gasteiger partial charge is 0.444 e. The Morgan fingerprint density at radius 1 is 1.33 bits per heavy atom. The zero-order valence-electron chi connectivity index (χ0n) is 14.5. The number of aromatic nitrogens is 1. The van der Waals surface area contributed by atoms with Crippen molar-refractivity contribution in [3.8, 4) is 11.5 Å². The predicted molar refractivity (Wildman–Crippen MR) is 108 cm³/mol. The van der Waals surface area contributed by atoms with Gasteiger partial charge in [-0.2, -0.15) is 0 Å². The number of nitrogens with zero attached hydrogens (tertiary/aromatic N) is 3. The van der Waals surface area contributed by atoms with Crippen molar-refractivity contribution in [2.24, 2.45) is 10.4 Å². The van der Waals surface area contributed by atoms with Gasteiger partial charge in [0.2, 0.25) is 5.89 Å². The summed E-state index contributed by atoms with van der Waals surface area (Å²) in [4.78, 5) is 11.2. The average Bonchev–Trinajstić information content (AvgIpc) is 3.16. The summed E-state index contributed by atoms with van der Waals surface area (Å²) < 4.78 is 5.57. The van der Waals surface area contributed by atoms with Gasteiger partial charge in [0.05, 0.1) is 12.2 Å². The molecule has 24 heavy (non-hydrogen) atoms. The molecule has 0 radical (unpaired) electrons. The van der Waals surface area contributed by atoms with Crippen LogP contribution in [0.1, 0.15) is 26.0 Å². The van der Waals surface area contributed by atoms with E-state index >= 15 is 0 Å². The lowest BCUT2D eigenvalue weighted by molar-refractivity contribution is 0.370. The van der Waals surface area contributed by atoms with Crippen LogP contribution in [0.2, 0.25) is 0 Å². The van der Waals surface area contributed by atoms with E-state index in [1.807, 2.05) is 37.4 Å². The molecule has 3 rings (SSSR count). The molecule has 5 nitrogen and oxygen atoms in total. The topological polar surface area (TPSA) is 53.7 Å². The van der Waals surface area contributed by atoms with Crippen LogP contribution in [0.25, 0.3) is 11.5 Å². The lowest BCUT2D eigenvalue weighted by atomic mass is 9.93. The summed E-state index contributed by atoms with van der Waals surface area (Å²) in [6, 6.07) is 9.93. The maximum Gasteiger partial charge on any atom is 0.226 e. The third-order valence-electron chi connectivity index (χ3n) is 4.19. The molecule has 0 aliphatic carbocycles. The number of hydrogen-bond donors (Lipinski definition) is 1. The van der Waals surface area contributed by atoms with E-state index < -0.39 is 0 Å². The van der Waals surface area contributed by atoms with Crippen LogP contribution in [0.3, 0.4) is 0 Å². The normalized spacial score (nSPS) is 16.8. The highest BCUT2D eigenvalue weighted by Crippen LogP contribution is 2.28. The number of nitrogens with one attached hydrogen (secondary N) is 1. The molecule has 1 aliphatic heterocycles. The first-order valence-corrected chi connectivity index (χ1v) is 8.03. The van der Waals surface area contributed by atoms with Gasteiger partial charge in [0.25, 0.3) is 0 Å². The van der Waals surface area contributed by atoms with Crippen molar-refractivity contribution >= 4 is 29.9 Å². The number of guanidine groups is 1. The molecule has 1 fully saturated rings. The molecule has 6 heteroatoms. The standard InChI is InChI=1S/C18H24N4O.HI/c1-18(2)9-10-22(13-18)17(19-3)20-11-15-12-23-16(21-15)14-7-5-4-6-8-14;/h4-8,12H,9-11,13H2,1-3H3,(H,19,20);1H. The molecule has 0 atom stereocenters. The first kappa shape index (κ1) is 18.8. The fraction of sp³-hybridized carbons (Fsp3) is 0.444. The predicted octanol–water partition coefficient (Wildman–Crippen LogP) is 3.77. The highest BCUT2D eigenvalue weighted by Gasteiger charge is 2.30. The van der Waals surface area contributed by atoms with Crippen LogP contribution < -0.4 is 5.32 Å². The van der Waals surface area contributed by atoms with Gasteiger partial charge >= 0.3 is 0 Å². The second-order valence-electron chi connectivity index (χ2n) is 6.75. The smallest absolute Gasteiger partial charge is 0.226 e. The van der Waals surface area contributed by atoms with E-state index in [1.54, 1.807) is 6.26 Å². The molecule has 1 aromatic carbocycles. The maximum absolute atomic E-state index is 5.57. The lowest BCUT2D eigenvalue weighted by Crippen LogP contribution is -2.40. The molecule has 0 saturated carbocycles. The van der Waals surface area contributed by atoms with Crippen molar-refractivity contribution in [3.05, 3.63) is 42.3 Å². The Morgan fingerprint density at radius 2 is 2.08 bits per heavy atom. The van der Waals surface area contributed by atoms with E-state index in [2.05, 4.69) is 34.0 Å². The Labute approximate surface area is 160 Å². The highest BCUT2D eigenvalue weighted by atomic mass is 127.